The summed E-state index contributed by atoms with van der Waals surface area (Å²) in [5, 5.41) is 0.662. The lowest BCUT2D eigenvalue weighted by Gasteiger charge is -2.43. The summed E-state index contributed by atoms with van der Waals surface area (Å²) >= 11 is 6.04. The Morgan fingerprint density at radius 1 is 1.20 bits per heavy atom. The fraction of sp³-hybridized carbons (Fsp3) is 0.579. The van der Waals surface area contributed by atoms with Crippen LogP contribution in [-0.4, -0.2) is 41.8 Å². The molecule has 0 radical (unpaired) electrons. The zero-order valence-corrected chi connectivity index (χ0v) is 15.6. The molecule has 2 amide bonds. The minimum atomic E-state index is -0.545. The molecule has 3 rings (SSSR count). The maximum absolute atomic E-state index is 13.0. The monoisotopic (exact) mass is 365 g/mol. The van der Waals surface area contributed by atoms with Crippen molar-refractivity contribution in [1.29, 1.82) is 0 Å². The number of carbonyl (C=O) groups is 2. The summed E-state index contributed by atoms with van der Waals surface area (Å²) < 4.78 is 10.9. The van der Waals surface area contributed by atoms with E-state index >= 15 is 0 Å². The average Bonchev–Trinajstić information content (AvgIpc) is 2.85. The Morgan fingerprint density at radius 2 is 1.80 bits per heavy atom. The number of carbonyl (C=O) groups excluding carboxylic acids is 2. The van der Waals surface area contributed by atoms with Crippen LogP contribution in [0, 0.1) is 0 Å². The molecule has 2 fully saturated rings. The van der Waals surface area contributed by atoms with Crippen LogP contribution in [0.5, 0.6) is 0 Å². The van der Waals surface area contributed by atoms with Gasteiger partial charge < -0.3 is 9.47 Å². The number of benzene rings is 1. The van der Waals surface area contributed by atoms with Crippen LogP contribution >= 0.6 is 11.6 Å². The second-order valence-electron chi connectivity index (χ2n) is 7.32. The quantitative estimate of drug-likeness (QED) is 0.814. The maximum Gasteiger partial charge on any atom is 0.416 e. The lowest BCUT2D eigenvalue weighted by atomic mass is 9.68. The lowest BCUT2D eigenvalue weighted by Crippen LogP contribution is -2.47. The topological polar surface area (TPSA) is 55.8 Å². The Morgan fingerprint density at radius 3 is 2.32 bits per heavy atom. The van der Waals surface area contributed by atoms with E-state index in [1.54, 1.807) is 0 Å². The van der Waals surface area contributed by atoms with Crippen molar-refractivity contribution in [2.75, 3.05) is 6.61 Å². The van der Waals surface area contributed by atoms with Crippen LogP contribution in [0.1, 0.15) is 45.6 Å². The Bertz CT molecular complexity index is 650. The molecule has 25 heavy (non-hydrogen) atoms. The normalized spacial score (nSPS) is 32.6. The van der Waals surface area contributed by atoms with Gasteiger partial charge in [-0.3, -0.25) is 4.79 Å². The van der Waals surface area contributed by atoms with E-state index in [-0.39, 0.29) is 42.6 Å². The molecule has 0 bridgehead atoms. The van der Waals surface area contributed by atoms with Crippen molar-refractivity contribution in [3.05, 3.63) is 34.9 Å². The number of cyclic esters (lactones) is 1. The van der Waals surface area contributed by atoms with E-state index in [0.717, 1.165) is 18.4 Å². The molecule has 5 nitrogen and oxygen atoms in total. The third-order valence-electron chi connectivity index (χ3n) is 5.12. The highest BCUT2D eigenvalue weighted by Gasteiger charge is 2.45. The predicted molar refractivity (Wildman–Crippen MR) is 94.6 cm³/mol. The number of amides is 2. The molecule has 2 aliphatic rings. The van der Waals surface area contributed by atoms with Gasteiger partial charge in [0.15, 0.2) is 0 Å². The maximum atomic E-state index is 13.0. The Balaban J connectivity index is 1.92. The molecule has 4 atom stereocenters. The van der Waals surface area contributed by atoms with Crippen molar-refractivity contribution in [1.82, 2.24) is 4.90 Å². The molecule has 0 aromatic heterocycles. The summed E-state index contributed by atoms with van der Waals surface area (Å²) in [4.78, 5) is 26.1. The third-order valence-corrected chi connectivity index (χ3v) is 5.37. The fourth-order valence-corrected chi connectivity index (χ4v) is 4.33. The summed E-state index contributed by atoms with van der Waals surface area (Å²) in [5.74, 6) is -0.189. The van der Waals surface area contributed by atoms with Crippen LogP contribution in [0.4, 0.5) is 4.79 Å². The van der Waals surface area contributed by atoms with Gasteiger partial charge in [0.25, 0.3) is 0 Å². The van der Waals surface area contributed by atoms with Crippen molar-refractivity contribution in [2.24, 2.45) is 0 Å². The van der Waals surface area contributed by atoms with Gasteiger partial charge in [0.1, 0.15) is 6.61 Å². The second kappa shape index (κ2) is 6.96. The number of nitrogens with zero attached hydrogens (tertiary/aromatic N) is 1. The molecule has 1 aromatic rings. The van der Waals surface area contributed by atoms with Gasteiger partial charge in [0.05, 0.1) is 18.2 Å². The van der Waals surface area contributed by atoms with E-state index in [4.69, 9.17) is 21.1 Å². The van der Waals surface area contributed by atoms with Crippen molar-refractivity contribution < 1.29 is 19.1 Å². The van der Waals surface area contributed by atoms with Crippen molar-refractivity contribution in [3.8, 4) is 0 Å². The van der Waals surface area contributed by atoms with Crippen LogP contribution in [0.2, 0.25) is 5.02 Å². The van der Waals surface area contributed by atoms with Gasteiger partial charge in [-0.2, -0.15) is 0 Å². The molecule has 0 spiro atoms. The molecule has 1 unspecified atom stereocenters. The van der Waals surface area contributed by atoms with E-state index in [1.807, 2.05) is 45.0 Å². The van der Waals surface area contributed by atoms with Crippen LogP contribution in [0.3, 0.4) is 0 Å². The summed E-state index contributed by atoms with van der Waals surface area (Å²) in [5.41, 5.74) is 0.689. The van der Waals surface area contributed by atoms with Crippen LogP contribution in [0.25, 0.3) is 0 Å². The molecule has 2 heterocycles. The molecule has 2 aliphatic heterocycles. The molecule has 6 heteroatoms. The minimum Gasteiger partial charge on any atom is -0.447 e. The molecular formula is C19H24ClNO4. The van der Waals surface area contributed by atoms with E-state index in [9.17, 15) is 9.59 Å². The molecule has 1 aromatic carbocycles. The van der Waals surface area contributed by atoms with Crippen molar-refractivity contribution in [2.45, 2.75) is 63.7 Å². The highest BCUT2D eigenvalue weighted by Crippen LogP contribution is 2.43. The van der Waals surface area contributed by atoms with E-state index in [0.29, 0.717) is 5.02 Å². The summed E-state index contributed by atoms with van der Waals surface area (Å²) in [6.45, 7) is 6.14. The van der Waals surface area contributed by atoms with E-state index < -0.39 is 6.09 Å². The first kappa shape index (κ1) is 18.2. The first-order valence-corrected chi connectivity index (χ1v) is 9.09. The summed E-state index contributed by atoms with van der Waals surface area (Å²) in [6.07, 6.45) is 1.23. The number of imide groups is 1. The Labute approximate surface area is 153 Å². The summed E-state index contributed by atoms with van der Waals surface area (Å²) in [6, 6.07) is 7.43. The van der Waals surface area contributed by atoms with Crippen LogP contribution in [0.15, 0.2) is 24.3 Å². The zero-order chi connectivity index (χ0) is 18.2. The fourth-order valence-electron chi connectivity index (χ4n) is 4.20. The SMILES string of the molecule is C[C@@H]1CC(CC(=O)N2C(=O)OC[C@@H]2C)(c2ccc(Cl)cc2)C[C@H](C)O1. The van der Waals surface area contributed by atoms with E-state index in [1.165, 1.54) is 4.90 Å². The molecule has 0 saturated carbocycles. The number of ether oxygens (including phenoxy) is 2. The highest BCUT2D eigenvalue weighted by atomic mass is 35.5. The van der Waals surface area contributed by atoms with Crippen molar-refractivity contribution in [3.63, 3.8) is 0 Å². The van der Waals surface area contributed by atoms with Gasteiger partial charge in [0, 0.05) is 16.9 Å². The standard InChI is InChI=1S/C19H24ClNO4/c1-12-11-24-18(23)21(12)17(22)10-19(8-13(2)25-14(3)9-19)15-4-6-16(20)7-5-15/h4-7,12-14H,8-11H2,1-3H3/t12-,13-,14+,19?/m0/s1. The van der Waals surface area contributed by atoms with Gasteiger partial charge in [-0.05, 0) is 51.3 Å². The Kier molecular flexibility index (Phi) is 5.07. The third kappa shape index (κ3) is 3.67. The lowest BCUT2D eigenvalue weighted by molar-refractivity contribution is -0.133. The zero-order valence-electron chi connectivity index (χ0n) is 14.8. The number of hydrogen-bond donors (Lipinski definition) is 0. The first-order valence-electron chi connectivity index (χ1n) is 8.71. The molecule has 136 valence electrons. The van der Waals surface area contributed by atoms with E-state index in [2.05, 4.69) is 0 Å². The van der Waals surface area contributed by atoms with Gasteiger partial charge in [-0.25, -0.2) is 9.69 Å². The first-order chi connectivity index (χ1) is 11.8. The van der Waals surface area contributed by atoms with Gasteiger partial charge in [-0.1, -0.05) is 23.7 Å². The average molecular weight is 366 g/mol. The van der Waals surface area contributed by atoms with Crippen LogP contribution < -0.4 is 0 Å². The van der Waals surface area contributed by atoms with Gasteiger partial charge >= 0.3 is 6.09 Å². The number of halogens is 1. The predicted octanol–water partition coefficient (Wildman–Crippen LogP) is 3.92. The number of hydrogen-bond acceptors (Lipinski definition) is 4. The Hall–Kier alpha value is -1.59. The highest BCUT2D eigenvalue weighted by molar-refractivity contribution is 6.30. The minimum absolute atomic E-state index is 0.0372. The molecule has 0 aliphatic carbocycles. The second-order valence-corrected chi connectivity index (χ2v) is 7.76. The largest absolute Gasteiger partial charge is 0.447 e. The number of rotatable bonds is 3. The molecule has 0 N–H and O–H groups in total. The molecule has 2 saturated heterocycles. The van der Waals surface area contributed by atoms with Gasteiger partial charge in [-0.15, -0.1) is 0 Å². The molecular weight excluding hydrogens is 342 g/mol. The van der Waals surface area contributed by atoms with Gasteiger partial charge in [0.2, 0.25) is 5.91 Å². The van der Waals surface area contributed by atoms with Crippen molar-refractivity contribution >= 4 is 23.6 Å². The van der Waals surface area contributed by atoms with Crippen LogP contribution in [-0.2, 0) is 19.7 Å². The summed E-state index contributed by atoms with van der Waals surface area (Å²) in [7, 11) is 0. The smallest absolute Gasteiger partial charge is 0.416 e.